The number of aliphatic hydroxyl groups excluding tert-OH is 2. The van der Waals surface area contributed by atoms with E-state index in [0.717, 1.165) is 44.5 Å². The first-order chi connectivity index (χ1) is 25.8. The number of aliphatic hydroxyl groups is 2. The third-order valence-corrected chi connectivity index (χ3v) is 9.98. The molecule has 0 aliphatic carbocycles. The average molecular weight is 709 g/mol. The highest BCUT2D eigenvalue weighted by Gasteiger charge is 2.34. The zero-order valence-electron chi connectivity index (χ0n) is 29.9. The molecule has 2 heterocycles. The minimum absolute atomic E-state index is 0.0169. The molecule has 5 atom stereocenters. The minimum atomic E-state index is -0.639. The predicted molar refractivity (Wildman–Crippen MR) is 205 cm³/mol. The fraction of sp³-hybridized carbons (Fsp3) is 0.250. The van der Waals surface area contributed by atoms with Crippen LogP contribution in [-0.4, -0.2) is 56.7 Å². The molecule has 3 N–H and O–H groups in total. The van der Waals surface area contributed by atoms with Crippen LogP contribution >= 0.6 is 0 Å². The number of carbonyl (C=O) groups excluding carboxylic acids is 1. The molecule has 0 bridgehead atoms. The van der Waals surface area contributed by atoms with Crippen LogP contribution in [0.2, 0.25) is 0 Å². The smallest absolute Gasteiger partial charge is 0.271 e. The van der Waals surface area contributed by atoms with Crippen molar-refractivity contribution in [1.29, 1.82) is 0 Å². The van der Waals surface area contributed by atoms with Crippen LogP contribution < -0.4 is 5.32 Å². The van der Waals surface area contributed by atoms with Crippen molar-refractivity contribution >= 4 is 16.9 Å². The van der Waals surface area contributed by atoms with Crippen LogP contribution in [0, 0.1) is 0 Å². The van der Waals surface area contributed by atoms with Crippen LogP contribution in [0.4, 0.5) is 0 Å². The Morgan fingerprint density at radius 3 is 2.30 bits per heavy atom. The molecule has 0 spiro atoms. The Morgan fingerprint density at radius 1 is 0.830 bits per heavy atom. The van der Waals surface area contributed by atoms with Gasteiger partial charge in [-0.2, -0.15) is 0 Å². The van der Waals surface area contributed by atoms with Crippen LogP contribution in [0.25, 0.3) is 22.2 Å². The second-order valence-electron chi connectivity index (χ2n) is 13.6. The molecule has 6 aromatic rings. The van der Waals surface area contributed by atoms with Crippen LogP contribution in [0.1, 0.15) is 70.1 Å². The van der Waals surface area contributed by atoms with Gasteiger partial charge in [0.05, 0.1) is 42.1 Å². The highest BCUT2D eigenvalue weighted by atomic mass is 16.7. The Kier molecular flexibility index (Phi) is 11.3. The van der Waals surface area contributed by atoms with Gasteiger partial charge >= 0.3 is 0 Å². The number of carbonyl (C=O) groups is 1. The maximum atomic E-state index is 12.9. The quantitative estimate of drug-likeness (QED) is 0.121. The number of hydrogen-bond donors (Lipinski definition) is 3. The van der Waals surface area contributed by atoms with E-state index in [-0.39, 0.29) is 36.5 Å². The molecule has 1 aromatic heterocycles. The predicted octanol–water partition coefficient (Wildman–Crippen LogP) is 7.32. The first-order valence-corrected chi connectivity index (χ1v) is 18.0. The standard InChI is InChI=1S/C44H44N4O5/c1-29(42(50)34-10-4-3-5-11-34)48(2)27-37-24-41(33-17-15-30(28-49)16-18-33)53-44(52-37)35-21-19-32(20-22-35)36-12-8-9-31(23-36)25-46-43(51)40-26-45-38-13-6-7-14-39(38)47-40/h3-23,26,29,37,41-42,44,49-50H,24-25,27-28H2,1-2H3,(H,46,51)/t29-,37+,41-,42-,44-/m0/s1. The third kappa shape index (κ3) is 8.68. The number of amides is 1. The number of aromatic nitrogens is 2. The highest BCUT2D eigenvalue weighted by molar-refractivity contribution is 5.93. The Hall–Kier alpha value is -5.29. The normalized spacial score (nSPS) is 18.5. The summed E-state index contributed by atoms with van der Waals surface area (Å²) in [6, 6.07) is 41.2. The zero-order chi connectivity index (χ0) is 36.7. The van der Waals surface area contributed by atoms with E-state index in [1.807, 2.05) is 123 Å². The van der Waals surface area contributed by atoms with Gasteiger partial charge in [0.25, 0.3) is 5.91 Å². The van der Waals surface area contributed by atoms with Gasteiger partial charge in [0.1, 0.15) is 5.69 Å². The lowest BCUT2D eigenvalue weighted by Crippen LogP contribution is -2.43. The zero-order valence-corrected chi connectivity index (χ0v) is 29.9. The summed E-state index contributed by atoms with van der Waals surface area (Å²) in [5.41, 5.74) is 8.35. The van der Waals surface area contributed by atoms with Crippen molar-refractivity contribution < 1.29 is 24.5 Å². The number of hydrogen-bond acceptors (Lipinski definition) is 8. The van der Waals surface area contributed by atoms with Crippen molar-refractivity contribution in [3.63, 3.8) is 0 Å². The Labute approximate surface area is 309 Å². The van der Waals surface area contributed by atoms with Gasteiger partial charge < -0.3 is 25.0 Å². The monoisotopic (exact) mass is 708 g/mol. The van der Waals surface area contributed by atoms with Gasteiger partial charge in [-0.05, 0) is 65.6 Å². The van der Waals surface area contributed by atoms with Crippen LogP contribution in [-0.2, 0) is 22.6 Å². The number of nitrogens with zero attached hydrogens (tertiary/aromatic N) is 3. The molecule has 7 rings (SSSR count). The second kappa shape index (κ2) is 16.6. The molecule has 1 amide bonds. The van der Waals surface area contributed by atoms with Gasteiger partial charge in [0, 0.05) is 31.1 Å². The lowest BCUT2D eigenvalue weighted by molar-refractivity contribution is -0.253. The molecule has 270 valence electrons. The van der Waals surface area contributed by atoms with E-state index in [0.29, 0.717) is 25.0 Å². The van der Waals surface area contributed by atoms with Crippen LogP contribution in [0.15, 0.2) is 134 Å². The van der Waals surface area contributed by atoms with Gasteiger partial charge in [0.15, 0.2) is 6.29 Å². The Bertz CT molecular complexity index is 2130. The van der Waals surface area contributed by atoms with Crippen molar-refractivity contribution in [3.05, 3.63) is 167 Å². The van der Waals surface area contributed by atoms with Crippen molar-refractivity contribution in [3.8, 4) is 11.1 Å². The van der Waals surface area contributed by atoms with Crippen molar-refractivity contribution in [2.45, 2.75) is 57.1 Å². The van der Waals surface area contributed by atoms with E-state index in [4.69, 9.17) is 9.47 Å². The number of rotatable bonds is 12. The summed E-state index contributed by atoms with van der Waals surface area (Å²) in [4.78, 5) is 23.8. The van der Waals surface area contributed by atoms with E-state index in [2.05, 4.69) is 38.4 Å². The van der Waals surface area contributed by atoms with Gasteiger partial charge in [0.2, 0.25) is 0 Å². The molecule has 0 radical (unpaired) electrons. The third-order valence-electron chi connectivity index (χ3n) is 9.98. The summed E-state index contributed by atoms with van der Waals surface area (Å²) in [5, 5.41) is 23.7. The average Bonchev–Trinajstić information content (AvgIpc) is 3.22. The first-order valence-electron chi connectivity index (χ1n) is 18.0. The number of benzene rings is 5. The second-order valence-corrected chi connectivity index (χ2v) is 13.6. The van der Waals surface area contributed by atoms with E-state index in [9.17, 15) is 15.0 Å². The van der Waals surface area contributed by atoms with Gasteiger partial charge in [-0.1, -0.05) is 109 Å². The molecule has 9 nitrogen and oxygen atoms in total. The van der Waals surface area contributed by atoms with E-state index >= 15 is 0 Å². The molecular weight excluding hydrogens is 665 g/mol. The fourth-order valence-corrected chi connectivity index (χ4v) is 6.72. The summed E-state index contributed by atoms with van der Waals surface area (Å²) >= 11 is 0. The van der Waals surface area contributed by atoms with E-state index < -0.39 is 12.4 Å². The molecular formula is C44H44N4O5. The van der Waals surface area contributed by atoms with Crippen molar-refractivity contribution in [2.75, 3.05) is 13.6 Å². The van der Waals surface area contributed by atoms with Crippen molar-refractivity contribution in [1.82, 2.24) is 20.2 Å². The fourth-order valence-electron chi connectivity index (χ4n) is 6.72. The number of fused-ring (bicyclic) bond motifs is 1. The first kappa shape index (κ1) is 36.1. The number of likely N-dealkylation sites (N-methyl/N-ethyl adjacent to an activating group) is 1. The summed E-state index contributed by atoms with van der Waals surface area (Å²) in [6.07, 6.45) is 0.512. The highest BCUT2D eigenvalue weighted by Crippen LogP contribution is 2.39. The van der Waals surface area contributed by atoms with Gasteiger partial charge in [-0.3, -0.25) is 14.7 Å². The molecule has 53 heavy (non-hydrogen) atoms. The maximum Gasteiger partial charge on any atom is 0.271 e. The molecule has 1 aliphatic heterocycles. The van der Waals surface area contributed by atoms with Crippen LogP contribution in [0.5, 0.6) is 0 Å². The maximum absolute atomic E-state index is 12.9. The lowest BCUT2D eigenvalue weighted by atomic mass is 9.98. The molecule has 1 saturated heterocycles. The summed E-state index contributed by atoms with van der Waals surface area (Å²) in [6.45, 7) is 2.96. The molecule has 0 saturated carbocycles. The Morgan fingerprint density at radius 2 is 1.55 bits per heavy atom. The molecule has 1 aliphatic rings. The lowest BCUT2D eigenvalue weighted by Gasteiger charge is -2.39. The van der Waals surface area contributed by atoms with Gasteiger partial charge in [-0.25, -0.2) is 4.98 Å². The topological polar surface area (TPSA) is 117 Å². The van der Waals surface area contributed by atoms with E-state index in [1.54, 1.807) is 0 Å². The SMILES string of the molecule is C[C@@H]([C@H](O)c1ccccc1)N(C)C[C@H]1C[C@@H](c2ccc(CO)cc2)O[C@@H](c2ccc(-c3cccc(CNC(=O)c4cnc5ccccc5n4)c3)cc2)O1. The minimum Gasteiger partial charge on any atom is -0.392 e. The van der Waals surface area contributed by atoms with E-state index in [1.165, 1.54) is 6.20 Å². The van der Waals surface area contributed by atoms with Crippen molar-refractivity contribution in [2.24, 2.45) is 0 Å². The summed E-state index contributed by atoms with van der Waals surface area (Å²) < 4.78 is 13.2. The summed E-state index contributed by atoms with van der Waals surface area (Å²) in [5.74, 6) is -0.278. The molecule has 5 aromatic carbocycles. The molecule has 1 fully saturated rings. The number of ether oxygens (including phenoxy) is 2. The Balaban J connectivity index is 1.04. The number of para-hydroxylation sites is 2. The van der Waals surface area contributed by atoms with Crippen LogP contribution in [0.3, 0.4) is 0 Å². The largest absolute Gasteiger partial charge is 0.392 e. The number of nitrogens with one attached hydrogen (secondary N) is 1. The molecule has 9 heteroatoms. The molecule has 0 unspecified atom stereocenters. The summed E-state index contributed by atoms with van der Waals surface area (Å²) in [7, 11) is 2.02. The van der Waals surface area contributed by atoms with Gasteiger partial charge in [-0.15, -0.1) is 0 Å².